The van der Waals surface area contributed by atoms with Gasteiger partial charge in [-0.15, -0.1) is 16.4 Å². The molecule has 0 saturated heterocycles. The van der Waals surface area contributed by atoms with Crippen LogP contribution in [0.1, 0.15) is 37.6 Å². The van der Waals surface area contributed by atoms with E-state index >= 15 is 0 Å². The summed E-state index contributed by atoms with van der Waals surface area (Å²) in [7, 11) is 0. The Bertz CT molecular complexity index is 1030. The van der Waals surface area contributed by atoms with Crippen LogP contribution in [-0.4, -0.2) is 31.1 Å². The molecule has 7 nitrogen and oxygen atoms in total. The summed E-state index contributed by atoms with van der Waals surface area (Å²) in [5.41, 5.74) is 1.56. The molecule has 1 aliphatic rings. The Labute approximate surface area is 148 Å². The lowest BCUT2D eigenvalue weighted by Gasteiger charge is -2.17. The normalized spacial score (nSPS) is 17.4. The van der Waals surface area contributed by atoms with Crippen molar-refractivity contribution in [3.05, 3.63) is 27.3 Å². The minimum absolute atomic E-state index is 0.0273. The highest BCUT2D eigenvalue weighted by atomic mass is 32.1. The van der Waals surface area contributed by atoms with Crippen LogP contribution in [0.3, 0.4) is 0 Å². The molecule has 3 aromatic heterocycles. The maximum atomic E-state index is 12.6. The van der Waals surface area contributed by atoms with Crippen molar-refractivity contribution in [1.29, 1.82) is 0 Å². The summed E-state index contributed by atoms with van der Waals surface area (Å²) in [6.45, 7) is 5.96. The number of hydrogen-bond acceptors (Lipinski definition) is 5. The van der Waals surface area contributed by atoms with E-state index in [1.165, 1.54) is 25.9 Å². The predicted octanol–water partition coefficient (Wildman–Crippen LogP) is 1.76. The van der Waals surface area contributed by atoms with Crippen molar-refractivity contribution in [3.8, 4) is 0 Å². The average molecular weight is 359 g/mol. The van der Waals surface area contributed by atoms with E-state index in [-0.39, 0.29) is 24.2 Å². The monoisotopic (exact) mass is 359 g/mol. The van der Waals surface area contributed by atoms with Gasteiger partial charge < -0.3 is 5.32 Å². The first-order valence-corrected chi connectivity index (χ1v) is 9.43. The van der Waals surface area contributed by atoms with Crippen LogP contribution in [0.2, 0.25) is 0 Å². The number of nitrogens with one attached hydrogen (secondary N) is 1. The Morgan fingerprint density at radius 3 is 3.04 bits per heavy atom. The second-order valence-corrected chi connectivity index (χ2v) is 8.22. The number of aryl methyl sites for hydroxylation is 1. The van der Waals surface area contributed by atoms with Crippen LogP contribution < -0.4 is 11.0 Å². The Morgan fingerprint density at radius 1 is 1.48 bits per heavy atom. The van der Waals surface area contributed by atoms with Gasteiger partial charge >= 0.3 is 5.69 Å². The highest BCUT2D eigenvalue weighted by Gasteiger charge is 2.24. The van der Waals surface area contributed by atoms with Gasteiger partial charge in [-0.05, 0) is 44.6 Å². The molecule has 0 saturated carbocycles. The van der Waals surface area contributed by atoms with Gasteiger partial charge in [-0.25, -0.2) is 18.9 Å². The summed E-state index contributed by atoms with van der Waals surface area (Å²) in [4.78, 5) is 31.3. The molecule has 1 N–H and O–H groups in total. The van der Waals surface area contributed by atoms with Crippen molar-refractivity contribution in [2.45, 2.75) is 52.6 Å². The molecule has 1 atom stereocenters. The zero-order chi connectivity index (χ0) is 17.7. The number of thiophene rings is 1. The van der Waals surface area contributed by atoms with Crippen LogP contribution in [-0.2, 0) is 24.2 Å². The van der Waals surface area contributed by atoms with Crippen LogP contribution in [0.5, 0.6) is 0 Å². The topological polar surface area (TPSA) is 81.3 Å². The summed E-state index contributed by atoms with van der Waals surface area (Å²) in [5, 5.41) is 8.23. The van der Waals surface area contributed by atoms with E-state index < -0.39 is 0 Å². The first-order valence-electron chi connectivity index (χ1n) is 8.62. The molecule has 8 heteroatoms. The van der Waals surface area contributed by atoms with Gasteiger partial charge in [-0.2, -0.15) is 0 Å². The third kappa shape index (κ3) is 2.74. The largest absolute Gasteiger partial charge is 0.352 e. The van der Waals surface area contributed by atoms with E-state index in [4.69, 9.17) is 0 Å². The third-order valence-electron chi connectivity index (χ3n) is 4.62. The van der Waals surface area contributed by atoms with E-state index in [9.17, 15) is 9.59 Å². The zero-order valence-electron chi connectivity index (χ0n) is 14.6. The number of aromatic nitrogens is 4. The lowest BCUT2D eigenvalue weighted by Crippen LogP contribution is -2.36. The van der Waals surface area contributed by atoms with Gasteiger partial charge in [0.2, 0.25) is 5.91 Å². The molecule has 1 aliphatic carbocycles. The molecule has 0 unspecified atom stereocenters. The average Bonchev–Trinajstić information content (AvgIpc) is 3.04. The van der Waals surface area contributed by atoms with E-state index in [1.54, 1.807) is 11.3 Å². The number of rotatable bonds is 3. The quantitative estimate of drug-likeness (QED) is 0.772. The Morgan fingerprint density at radius 2 is 2.28 bits per heavy atom. The summed E-state index contributed by atoms with van der Waals surface area (Å²) in [6, 6.07) is 0.0273. The van der Waals surface area contributed by atoms with Crippen molar-refractivity contribution in [2.75, 3.05) is 0 Å². The lowest BCUT2D eigenvalue weighted by atomic mass is 9.89. The van der Waals surface area contributed by atoms with Gasteiger partial charge in [-0.3, -0.25) is 4.79 Å². The molecule has 0 aliphatic heterocycles. The molecule has 0 fully saturated rings. The molecular formula is C17H21N5O2S. The minimum Gasteiger partial charge on any atom is -0.352 e. The molecule has 3 aromatic rings. The molecule has 0 aromatic carbocycles. The number of hydrogen-bond donors (Lipinski definition) is 1. The molecule has 25 heavy (non-hydrogen) atoms. The second kappa shape index (κ2) is 5.94. The molecule has 0 spiro atoms. The Balaban J connectivity index is 1.84. The van der Waals surface area contributed by atoms with Crippen LogP contribution in [0.25, 0.3) is 15.9 Å². The van der Waals surface area contributed by atoms with Crippen molar-refractivity contribution < 1.29 is 4.79 Å². The second-order valence-electron chi connectivity index (χ2n) is 7.13. The number of fused-ring (bicyclic) bond motifs is 5. The Kier molecular flexibility index (Phi) is 3.87. The smallest absolute Gasteiger partial charge is 0.352 e. The highest BCUT2D eigenvalue weighted by Crippen LogP contribution is 2.38. The van der Waals surface area contributed by atoms with Gasteiger partial charge in [0.1, 0.15) is 17.7 Å². The molecule has 1 amide bonds. The van der Waals surface area contributed by atoms with Crippen LogP contribution in [0, 0.1) is 5.92 Å². The highest BCUT2D eigenvalue weighted by molar-refractivity contribution is 7.19. The summed E-state index contributed by atoms with van der Waals surface area (Å²) >= 11 is 1.70. The van der Waals surface area contributed by atoms with E-state index in [2.05, 4.69) is 22.3 Å². The third-order valence-corrected chi connectivity index (χ3v) is 5.78. The minimum atomic E-state index is -0.326. The maximum Gasteiger partial charge on any atom is 0.352 e. The first kappa shape index (κ1) is 16.3. The summed E-state index contributed by atoms with van der Waals surface area (Å²) in [6.07, 6.45) is 4.72. The van der Waals surface area contributed by atoms with Crippen molar-refractivity contribution in [1.82, 2.24) is 24.5 Å². The first-order chi connectivity index (χ1) is 11.9. The number of nitrogens with zero attached hydrogens (tertiary/aromatic N) is 4. The van der Waals surface area contributed by atoms with Crippen molar-refractivity contribution in [3.63, 3.8) is 0 Å². The van der Waals surface area contributed by atoms with E-state index in [1.807, 2.05) is 13.8 Å². The van der Waals surface area contributed by atoms with Crippen LogP contribution in [0.15, 0.2) is 11.1 Å². The van der Waals surface area contributed by atoms with Gasteiger partial charge in [-0.1, -0.05) is 6.92 Å². The zero-order valence-corrected chi connectivity index (χ0v) is 15.4. The van der Waals surface area contributed by atoms with E-state index in [0.717, 1.165) is 29.5 Å². The number of amides is 1. The molecular weight excluding hydrogens is 338 g/mol. The summed E-state index contributed by atoms with van der Waals surface area (Å²) in [5.74, 6) is 0.460. The fraction of sp³-hybridized carbons (Fsp3) is 0.529. The molecule has 0 bridgehead atoms. The number of carbonyl (C=O) groups is 1. The van der Waals surface area contributed by atoms with Gasteiger partial charge in [0.05, 0.1) is 5.39 Å². The summed E-state index contributed by atoms with van der Waals surface area (Å²) < 4.78 is 2.68. The molecule has 132 valence electrons. The SMILES string of the molecule is CC(C)NC(=O)Cn1nc2c3c4c(sc3ncn2c1=O)C[C@@H](C)CC4. The van der Waals surface area contributed by atoms with Crippen molar-refractivity contribution >= 4 is 33.1 Å². The molecule has 0 radical (unpaired) electrons. The molecule has 4 rings (SSSR count). The van der Waals surface area contributed by atoms with E-state index in [0.29, 0.717) is 11.6 Å². The molecule has 3 heterocycles. The van der Waals surface area contributed by atoms with Crippen molar-refractivity contribution in [2.24, 2.45) is 5.92 Å². The fourth-order valence-corrected chi connectivity index (χ4v) is 4.81. The standard InChI is InChI=1S/C17H21N5O2S/c1-9(2)19-13(23)7-22-17(24)21-8-18-16-14(15(21)20-22)11-5-4-10(3)6-12(11)25-16/h8-10H,4-7H2,1-3H3,(H,19,23)/t10-/m0/s1. The fourth-order valence-electron chi connectivity index (χ4n) is 3.47. The number of carbonyl (C=O) groups excluding carboxylic acids is 1. The van der Waals surface area contributed by atoms with Crippen LogP contribution in [0.4, 0.5) is 0 Å². The van der Waals surface area contributed by atoms with Gasteiger partial charge in [0, 0.05) is 10.9 Å². The van der Waals surface area contributed by atoms with Gasteiger partial charge in [0.15, 0.2) is 5.65 Å². The predicted molar refractivity (Wildman–Crippen MR) is 97.1 cm³/mol. The Hall–Kier alpha value is -2.22. The maximum absolute atomic E-state index is 12.6. The van der Waals surface area contributed by atoms with Crippen LogP contribution >= 0.6 is 11.3 Å². The van der Waals surface area contributed by atoms with Gasteiger partial charge in [0.25, 0.3) is 0 Å². The lowest BCUT2D eigenvalue weighted by molar-refractivity contribution is -0.122.